The molecule has 0 aromatic carbocycles. The predicted molar refractivity (Wildman–Crippen MR) is 55.8 cm³/mol. The molecule has 5 nitrogen and oxygen atoms in total. The molecule has 0 amide bonds. The minimum Gasteiger partial charge on any atom is -0.393 e. The van der Waals surface area contributed by atoms with Gasteiger partial charge in [0.15, 0.2) is 0 Å². The molecule has 0 atom stereocenters. The number of hydrogen-bond donors (Lipinski definition) is 1. The second-order valence-electron chi connectivity index (χ2n) is 4.31. The van der Waals surface area contributed by atoms with Crippen LogP contribution in [0.15, 0.2) is 4.52 Å². The molecule has 2 rings (SSSR count). The van der Waals surface area contributed by atoms with Crippen molar-refractivity contribution in [3.8, 4) is 0 Å². The van der Waals surface area contributed by atoms with Crippen LogP contribution in [0.2, 0.25) is 0 Å². The highest BCUT2D eigenvalue weighted by atomic mass is 16.5. The fraction of sp³-hybridized carbons (Fsp3) is 0.800. The number of aliphatic hydroxyl groups excluding tert-OH is 1. The highest BCUT2D eigenvalue weighted by molar-refractivity contribution is 5.28. The molecule has 0 aliphatic carbocycles. The van der Waals surface area contributed by atoms with Gasteiger partial charge in [-0.1, -0.05) is 13.8 Å². The van der Waals surface area contributed by atoms with Crippen LogP contribution in [0.25, 0.3) is 0 Å². The molecule has 84 valence electrons. The first-order chi connectivity index (χ1) is 7.16. The fourth-order valence-corrected chi connectivity index (χ4v) is 1.66. The van der Waals surface area contributed by atoms with E-state index in [1.54, 1.807) is 0 Å². The molecule has 0 bridgehead atoms. The number of nitrogens with zero attached hydrogens (tertiary/aromatic N) is 3. The topological polar surface area (TPSA) is 62.4 Å². The second kappa shape index (κ2) is 4.18. The molecule has 2 heterocycles. The van der Waals surface area contributed by atoms with Crippen molar-refractivity contribution in [3.05, 3.63) is 5.89 Å². The standard InChI is InChI=1S/C10H17N3O2/c1-7(2)9-11-10(12-15-9)13-5-3-8(14)4-6-13/h7-8,14H,3-6H2,1-2H3. The van der Waals surface area contributed by atoms with Crippen molar-refractivity contribution in [1.82, 2.24) is 10.1 Å². The number of anilines is 1. The van der Waals surface area contributed by atoms with E-state index in [4.69, 9.17) is 4.52 Å². The molecule has 0 unspecified atom stereocenters. The Labute approximate surface area is 89.1 Å². The third kappa shape index (κ3) is 2.28. The molecular weight excluding hydrogens is 194 g/mol. The zero-order valence-electron chi connectivity index (χ0n) is 9.18. The van der Waals surface area contributed by atoms with Gasteiger partial charge in [0.1, 0.15) is 0 Å². The summed E-state index contributed by atoms with van der Waals surface area (Å²) in [7, 11) is 0. The van der Waals surface area contributed by atoms with Crippen molar-refractivity contribution in [2.45, 2.75) is 38.7 Å². The minimum atomic E-state index is -0.169. The summed E-state index contributed by atoms with van der Waals surface area (Å²) in [6.45, 7) is 5.66. The molecule has 0 spiro atoms. The van der Waals surface area contributed by atoms with Crippen molar-refractivity contribution in [3.63, 3.8) is 0 Å². The Hall–Kier alpha value is -1.10. The molecule has 1 N–H and O–H groups in total. The second-order valence-corrected chi connectivity index (χ2v) is 4.31. The van der Waals surface area contributed by atoms with Gasteiger partial charge in [-0.05, 0) is 18.0 Å². The number of piperidine rings is 1. The van der Waals surface area contributed by atoms with Crippen LogP contribution in [0.3, 0.4) is 0 Å². The Morgan fingerprint density at radius 2 is 2.07 bits per heavy atom. The van der Waals surface area contributed by atoms with Gasteiger partial charge in [-0.2, -0.15) is 4.98 Å². The lowest BCUT2D eigenvalue weighted by Gasteiger charge is -2.27. The maximum atomic E-state index is 9.38. The molecule has 1 aliphatic rings. The summed E-state index contributed by atoms with van der Waals surface area (Å²) in [5.74, 6) is 1.60. The van der Waals surface area contributed by atoms with Gasteiger partial charge >= 0.3 is 0 Å². The zero-order chi connectivity index (χ0) is 10.8. The van der Waals surface area contributed by atoms with E-state index in [2.05, 4.69) is 15.0 Å². The van der Waals surface area contributed by atoms with Crippen LogP contribution in [0.4, 0.5) is 5.95 Å². The highest BCUT2D eigenvalue weighted by Crippen LogP contribution is 2.19. The van der Waals surface area contributed by atoms with Gasteiger partial charge in [0.25, 0.3) is 5.95 Å². The predicted octanol–water partition coefficient (Wildman–Crippen LogP) is 1.15. The van der Waals surface area contributed by atoms with E-state index in [9.17, 15) is 5.11 Å². The zero-order valence-corrected chi connectivity index (χ0v) is 9.18. The van der Waals surface area contributed by atoms with Crippen LogP contribution in [-0.4, -0.2) is 34.4 Å². The van der Waals surface area contributed by atoms with E-state index < -0.39 is 0 Å². The Morgan fingerprint density at radius 1 is 1.40 bits per heavy atom. The Kier molecular flexibility index (Phi) is 2.90. The maximum Gasteiger partial charge on any atom is 0.266 e. The Morgan fingerprint density at radius 3 is 2.60 bits per heavy atom. The van der Waals surface area contributed by atoms with Crippen LogP contribution < -0.4 is 4.90 Å². The monoisotopic (exact) mass is 211 g/mol. The SMILES string of the molecule is CC(C)c1nc(N2CCC(O)CC2)no1. The highest BCUT2D eigenvalue weighted by Gasteiger charge is 2.21. The van der Waals surface area contributed by atoms with Crippen LogP contribution in [0.1, 0.15) is 38.5 Å². The van der Waals surface area contributed by atoms with E-state index in [0.717, 1.165) is 25.9 Å². The van der Waals surface area contributed by atoms with Crippen molar-refractivity contribution in [1.29, 1.82) is 0 Å². The average Bonchev–Trinajstić information content (AvgIpc) is 2.68. The summed E-state index contributed by atoms with van der Waals surface area (Å²) in [6.07, 6.45) is 1.40. The van der Waals surface area contributed by atoms with Gasteiger partial charge < -0.3 is 14.5 Å². The number of aromatic nitrogens is 2. The normalized spacial score (nSPS) is 18.8. The fourth-order valence-electron chi connectivity index (χ4n) is 1.66. The van der Waals surface area contributed by atoms with Crippen LogP contribution >= 0.6 is 0 Å². The minimum absolute atomic E-state index is 0.169. The van der Waals surface area contributed by atoms with Gasteiger partial charge in [-0.3, -0.25) is 0 Å². The number of hydrogen-bond acceptors (Lipinski definition) is 5. The molecule has 15 heavy (non-hydrogen) atoms. The van der Waals surface area contributed by atoms with Crippen LogP contribution in [0, 0.1) is 0 Å². The van der Waals surface area contributed by atoms with Gasteiger partial charge in [0.05, 0.1) is 6.10 Å². The molecule has 0 saturated carbocycles. The summed E-state index contributed by atoms with van der Waals surface area (Å²) in [4.78, 5) is 6.38. The lowest BCUT2D eigenvalue weighted by molar-refractivity contribution is 0.145. The van der Waals surface area contributed by atoms with Crippen LogP contribution in [0.5, 0.6) is 0 Å². The average molecular weight is 211 g/mol. The summed E-state index contributed by atoms with van der Waals surface area (Å²) in [5, 5.41) is 13.3. The molecule has 1 aliphatic heterocycles. The molecule has 1 fully saturated rings. The molecule has 0 radical (unpaired) electrons. The maximum absolute atomic E-state index is 9.38. The lowest BCUT2D eigenvalue weighted by Crippen LogP contribution is -2.36. The van der Waals surface area contributed by atoms with Crippen LogP contribution in [-0.2, 0) is 0 Å². The van der Waals surface area contributed by atoms with Gasteiger partial charge in [0.2, 0.25) is 5.89 Å². The third-order valence-electron chi connectivity index (χ3n) is 2.67. The smallest absolute Gasteiger partial charge is 0.266 e. The lowest BCUT2D eigenvalue weighted by atomic mass is 10.1. The molecule has 5 heteroatoms. The summed E-state index contributed by atoms with van der Waals surface area (Å²) < 4.78 is 5.14. The van der Waals surface area contributed by atoms with E-state index in [-0.39, 0.29) is 12.0 Å². The summed E-state index contributed by atoms with van der Waals surface area (Å²) in [5.41, 5.74) is 0. The first kappa shape index (κ1) is 10.4. The summed E-state index contributed by atoms with van der Waals surface area (Å²) >= 11 is 0. The van der Waals surface area contributed by atoms with Gasteiger partial charge in [-0.25, -0.2) is 0 Å². The molecule has 1 aromatic rings. The van der Waals surface area contributed by atoms with Crippen molar-refractivity contribution in [2.24, 2.45) is 0 Å². The van der Waals surface area contributed by atoms with Gasteiger partial charge in [-0.15, -0.1) is 0 Å². The van der Waals surface area contributed by atoms with Gasteiger partial charge in [0, 0.05) is 19.0 Å². The Balaban J connectivity index is 2.03. The number of aliphatic hydroxyl groups is 1. The molecule has 1 saturated heterocycles. The third-order valence-corrected chi connectivity index (χ3v) is 2.67. The van der Waals surface area contributed by atoms with E-state index in [1.807, 2.05) is 13.8 Å². The van der Waals surface area contributed by atoms with Crippen molar-refractivity contribution in [2.75, 3.05) is 18.0 Å². The van der Waals surface area contributed by atoms with E-state index >= 15 is 0 Å². The van der Waals surface area contributed by atoms with E-state index in [1.165, 1.54) is 0 Å². The summed E-state index contributed by atoms with van der Waals surface area (Å²) in [6, 6.07) is 0. The van der Waals surface area contributed by atoms with E-state index in [0.29, 0.717) is 11.8 Å². The molecule has 1 aromatic heterocycles. The first-order valence-corrected chi connectivity index (χ1v) is 5.43. The molecular formula is C10H17N3O2. The van der Waals surface area contributed by atoms with Crippen molar-refractivity contribution < 1.29 is 9.63 Å². The van der Waals surface area contributed by atoms with Crippen molar-refractivity contribution >= 4 is 5.95 Å². The quantitative estimate of drug-likeness (QED) is 0.795. The number of rotatable bonds is 2. The largest absolute Gasteiger partial charge is 0.393 e. The Bertz CT molecular complexity index is 316. The first-order valence-electron chi connectivity index (χ1n) is 5.43.